The van der Waals surface area contributed by atoms with Gasteiger partial charge in [-0.2, -0.15) is 0 Å². The summed E-state index contributed by atoms with van der Waals surface area (Å²) >= 11 is 0. The van der Waals surface area contributed by atoms with Gasteiger partial charge in [0.05, 0.1) is 12.1 Å². The van der Waals surface area contributed by atoms with Crippen molar-refractivity contribution in [3.8, 4) is 5.75 Å². The van der Waals surface area contributed by atoms with Gasteiger partial charge < -0.3 is 10.5 Å². The summed E-state index contributed by atoms with van der Waals surface area (Å²) in [5, 5.41) is 0.393. The topological polar surface area (TPSA) is 48.1 Å². The minimum Gasteiger partial charge on any atom is -0.491 e. The number of halogens is 3. The van der Waals surface area contributed by atoms with E-state index in [9.17, 15) is 13.2 Å². The molecule has 0 aliphatic rings. The summed E-state index contributed by atoms with van der Waals surface area (Å²) in [6, 6.07) is 3.49. The molecule has 1 aromatic heterocycles. The Hall–Kier alpha value is -1.98. The van der Waals surface area contributed by atoms with Crippen molar-refractivity contribution >= 4 is 16.6 Å². The number of nitrogen functional groups attached to an aromatic ring is 1. The van der Waals surface area contributed by atoms with Crippen LogP contribution in [-0.2, 0) is 0 Å². The number of rotatable bonds is 3. The molecule has 18 heavy (non-hydrogen) atoms. The largest absolute Gasteiger partial charge is 0.491 e. The third kappa shape index (κ3) is 2.18. The second-order valence-electron chi connectivity index (χ2n) is 3.67. The molecule has 2 rings (SSSR count). The van der Waals surface area contributed by atoms with Gasteiger partial charge in [-0.15, -0.1) is 0 Å². The molecule has 2 aromatic rings. The summed E-state index contributed by atoms with van der Waals surface area (Å²) in [5.74, 6) is -0.619. The van der Waals surface area contributed by atoms with Gasteiger partial charge in [-0.3, -0.25) is 0 Å². The minimum absolute atomic E-state index is 0.0308. The van der Waals surface area contributed by atoms with E-state index in [0.717, 1.165) is 12.1 Å². The fourth-order valence-corrected chi connectivity index (χ4v) is 1.65. The second-order valence-corrected chi connectivity index (χ2v) is 3.67. The molecule has 1 aromatic carbocycles. The van der Waals surface area contributed by atoms with Crippen molar-refractivity contribution in [1.29, 1.82) is 0 Å². The highest BCUT2D eigenvalue weighted by Crippen LogP contribution is 2.30. The molecule has 0 fully saturated rings. The average molecular weight is 256 g/mol. The van der Waals surface area contributed by atoms with Crippen LogP contribution in [0, 0.1) is 5.82 Å². The number of alkyl halides is 2. The number of aromatic nitrogens is 1. The van der Waals surface area contributed by atoms with Gasteiger partial charge in [0, 0.05) is 17.1 Å². The Balaban J connectivity index is 2.65. The van der Waals surface area contributed by atoms with E-state index < -0.39 is 17.9 Å². The summed E-state index contributed by atoms with van der Waals surface area (Å²) in [5.41, 5.74) is 5.40. The van der Waals surface area contributed by atoms with Gasteiger partial charge in [0.25, 0.3) is 6.43 Å². The Morgan fingerprint density at radius 2 is 2.06 bits per heavy atom. The molecule has 3 nitrogen and oxygen atoms in total. The van der Waals surface area contributed by atoms with Crippen LogP contribution in [0.25, 0.3) is 10.9 Å². The number of pyridine rings is 1. The van der Waals surface area contributed by atoms with Crippen molar-refractivity contribution in [3.63, 3.8) is 0 Å². The van der Waals surface area contributed by atoms with Crippen LogP contribution in [0.1, 0.15) is 19.0 Å². The maximum absolute atomic E-state index is 13.6. The van der Waals surface area contributed by atoms with E-state index in [1.165, 1.54) is 6.07 Å². The molecular weight excluding hydrogens is 245 g/mol. The highest BCUT2D eigenvalue weighted by Gasteiger charge is 2.14. The molecule has 96 valence electrons. The molecule has 0 atom stereocenters. The Labute approximate surface area is 101 Å². The third-order valence-electron chi connectivity index (χ3n) is 2.44. The van der Waals surface area contributed by atoms with Crippen LogP contribution >= 0.6 is 0 Å². The highest BCUT2D eigenvalue weighted by molar-refractivity contribution is 5.91. The summed E-state index contributed by atoms with van der Waals surface area (Å²) in [4.78, 5) is 3.67. The molecule has 0 radical (unpaired) electrons. The second kappa shape index (κ2) is 4.72. The van der Waals surface area contributed by atoms with Crippen LogP contribution in [-0.4, -0.2) is 11.6 Å². The first kappa shape index (κ1) is 12.5. The van der Waals surface area contributed by atoms with Crippen molar-refractivity contribution in [3.05, 3.63) is 29.7 Å². The molecule has 0 saturated carbocycles. The van der Waals surface area contributed by atoms with Crippen LogP contribution in [0.3, 0.4) is 0 Å². The van der Waals surface area contributed by atoms with E-state index in [-0.39, 0.29) is 17.0 Å². The predicted molar refractivity (Wildman–Crippen MR) is 62.2 cm³/mol. The molecule has 0 unspecified atom stereocenters. The number of nitrogens with zero attached hydrogens (tertiary/aromatic N) is 1. The van der Waals surface area contributed by atoms with E-state index >= 15 is 0 Å². The maximum Gasteiger partial charge on any atom is 0.280 e. The first-order chi connectivity index (χ1) is 8.52. The molecule has 6 heteroatoms. The number of hydrogen-bond acceptors (Lipinski definition) is 3. The van der Waals surface area contributed by atoms with E-state index in [1.54, 1.807) is 6.92 Å². The lowest BCUT2D eigenvalue weighted by Crippen LogP contribution is -1.99. The standard InChI is InChI=1S/C12H11F3N2O/c1-2-18-11-3-6-8(16)5-10(12(14)15)17-9(6)4-7(11)13/h3-5,12H,2H2,1H3,(H2,16,17). The molecular formula is C12H11F3N2O. The molecule has 0 aliphatic heterocycles. The predicted octanol–water partition coefficient (Wildman–Crippen LogP) is 3.29. The SMILES string of the molecule is CCOc1cc2c(N)cc(C(F)F)nc2cc1F. The highest BCUT2D eigenvalue weighted by atomic mass is 19.3. The molecule has 0 bridgehead atoms. The van der Waals surface area contributed by atoms with Crippen LogP contribution in [0.5, 0.6) is 5.75 Å². The van der Waals surface area contributed by atoms with Gasteiger partial charge in [-0.25, -0.2) is 18.2 Å². The van der Waals surface area contributed by atoms with Crippen molar-refractivity contribution in [2.45, 2.75) is 13.3 Å². The Bertz CT molecular complexity index is 587. The Kier molecular flexibility index (Phi) is 3.27. The summed E-state index contributed by atoms with van der Waals surface area (Å²) in [6.45, 7) is 2.01. The molecule has 1 heterocycles. The van der Waals surface area contributed by atoms with Crippen LogP contribution < -0.4 is 10.5 Å². The first-order valence-electron chi connectivity index (χ1n) is 5.33. The minimum atomic E-state index is -2.74. The van der Waals surface area contributed by atoms with Crippen molar-refractivity contribution in [2.75, 3.05) is 12.3 Å². The van der Waals surface area contributed by atoms with Gasteiger partial charge in [0.15, 0.2) is 11.6 Å². The lowest BCUT2D eigenvalue weighted by Gasteiger charge is -2.09. The van der Waals surface area contributed by atoms with E-state index in [1.807, 2.05) is 0 Å². The number of anilines is 1. The molecule has 2 N–H and O–H groups in total. The zero-order valence-electron chi connectivity index (χ0n) is 9.58. The van der Waals surface area contributed by atoms with Gasteiger partial charge in [0.1, 0.15) is 5.69 Å². The maximum atomic E-state index is 13.6. The van der Waals surface area contributed by atoms with Crippen molar-refractivity contribution in [1.82, 2.24) is 4.98 Å². The van der Waals surface area contributed by atoms with Crippen molar-refractivity contribution < 1.29 is 17.9 Å². The molecule has 0 aliphatic carbocycles. The lowest BCUT2D eigenvalue weighted by atomic mass is 10.1. The van der Waals surface area contributed by atoms with E-state index in [0.29, 0.717) is 12.0 Å². The quantitative estimate of drug-likeness (QED) is 0.916. The number of hydrogen-bond donors (Lipinski definition) is 1. The monoisotopic (exact) mass is 256 g/mol. The number of fused-ring (bicyclic) bond motifs is 1. The molecule has 0 amide bonds. The summed E-state index contributed by atoms with van der Waals surface area (Å²) in [7, 11) is 0. The van der Waals surface area contributed by atoms with Crippen LogP contribution in [0.15, 0.2) is 18.2 Å². The third-order valence-corrected chi connectivity index (χ3v) is 2.44. The van der Waals surface area contributed by atoms with Gasteiger partial charge in [-0.1, -0.05) is 0 Å². The van der Waals surface area contributed by atoms with Crippen molar-refractivity contribution in [2.24, 2.45) is 0 Å². The number of ether oxygens (including phenoxy) is 1. The number of nitrogens with two attached hydrogens (primary N) is 1. The van der Waals surface area contributed by atoms with Gasteiger partial charge >= 0.3 is 0 Å². The summed E-state index contributed by atoms with van der Waals surface area (Å²) < 4.78 is 43.7. The van der Waals surface area contributed by atoms with Gasteiger partial charge in [-0.05, 0) is 19.1 Å². The molecule has 0 spiro atoms. The molecule has 0 saturated heterocycles. The zero-order valence-corrected chi connectivity index (χ0v) is 9.58. The Morgan fingerprint density at radius 1 is 1.33 bits per heavy atom. The zero-order chi connectivity index (χ0) is 13.3. The van der Waals surface area contributed by atoms with Gasteiger partial charge in [0.2, 0.25) is 0 Å². The van der Waals surface area contributed by atoms with E-state index in [2.05, 4.69) is 4.98 Å². The Morgan fingerprint density at radius 3 is 2.67 bits per heavy atom. The summed E-state index contributed by atoms with van der Waals surface area (Å²) in [6.07, 6.45) is -2.74. The van der Waals surface area contributed by atoms with Crippen LogP contribution in [0.4, 0.5) is 18.9 Å². The average Bonchev–Trinajstić information content (AvgIpc) is 2.30. The fraction of sp³-hybridized carbons (Fsp3) is 0.250. The lowest BCUT2D eigenvalue weighted by molar-refractivity contribution is 0.146. The van der Waals surface area contributed by atoms with Crippen LogP contribution in [0.2, 0.25) is 0 Å². The number of benzene rings is 1. The smallest absolute Gasteiger partial charge is 0.280 e. The fourth-order valence-electron chi connectivity index (χ4n) is 1.65. The van der Waals surface area contributed by atoms with E-state index in [4.69, 9.17) is 10.5 Å². The normalized spacial score (nSPS) is 11.2. The first-order valence-corrected chi connectivity index (χ1v) is 5.33.